The van der Waals surface area contributed by atoms with Crippen LogP contribution in [0.3, 0.4) is 0 Å². The fourth-order valence-corrected chi connectivity index (χ4v) is 2.48. The number of aromatic amines is 1. The number of hydrogen-bond acceptors (Lipinski definition) is 6. The van der Waals surface area contributed by atoms with Gasteiger partial charge in [0.15, 0.2) is 23.1 Å². The Balaban J connectivity index is 1.64. The lowest BCUT2D eigenvalue weighted by atomic mass is 10.1. The second kappa shape index (κ2) is 9.06. The van der Waals surface area contributed by atoms with Crippen LogP contribution >= 0.6 is 0 Å². The van der Waals surface area contributed by atoms with Gasteiger partial charge in [-0.1, -0.05) is 6.92 Å². The molecule has 1 N–H and O–H groups in total. The normalized spacial score (nSPS) is 11.4. The number of alkyl halides is 3. The Kier molecular flexibility index (Phi) is 6.47. The van der Waals surface area contributed by atoms with Gasteiger partial charge in [0.2, 0.25) is 5.82 Å². The zero-order valence-electron chi connectivity index (χ0n) is 16.0. The molecular formula is C19H15F5N4O3. The van der Waals surface area contributed by atoms with Gasteiger partial charge in [0.05, 0.1) is 19.0 Å². The van der Waals surface area contributed by atoms with E-state index in [1.165, 1.54) is 6.20 Å². The third-order valence-corrected chi connectivity index (χ3v) is 4.02. The van der Waals surface area contributed by atoms with Crippen LogP contribution < -0.4 is 15.0 Å². The van der Waals surface area contributed by atoms with E-state index in [1.54, 1.807) is 6.92 Å². The van der Waals surface area contributed by atoms with Crippen LogP contribution in [-0.4, -0.2) is 26.5 Å². The van der Waals surface area contributed by atoms with Crippen LogP contribution in [0, 0.1) is 11.6 Å². The molecule has 3 rings (SSSR count). The lowest BCUT2D eigenvalue weighted by Gasteiger charge is -2.11. The molecule has 0 spiro atoms. The zero-order valence-corrected chi connectivity index (χ0v) is 16.0. The van der Waals surface area contributed by atoms with Crippen molar-refractivity contribution >= 4 is 0 Å². The quantitative estimate of drug-likeness (QED) is 0.560. The largest absolute Gasteiger partial charge is 0.464 e. The van der Waals surface area contributed by atoms with Crippen LogP contribution in [0.25, 0.3) is 0 Å². The van der Waals surface area contributed by atoms with Gasteiger partial charge in [0.1, 0.15) is 0 Å². The summed E-state index contributed by atoms with van der Waals surface area (Å²) in [5, 5.41) is 0. The van der Waals surface area contributed by atoms with Crippen molar-refractivity contribution in [3.63, 3.8) is 0 Å². The van der Waals surface area contributed by atoms with Gasteiger partial charge in [0.25, 0.3) is 11.6 Å². The summed E-state index contributed by atoms with van der Waals surface area (Å²) < 4.78 is 76.2. The van der Waals surface area contributed by atoms with Gasteiger partial charge >= 0.3 is 6.18 Å². The van der Waals surface area contributed by atoms with Crippen LogP contribution in [0.4, 0.5) is 22.0 Å². The van der Waals surface area contributed by atoms with E-state index in [4.69, 9.17) is 9.47 Å². The molecule has 0 radical (unpaired) electrons. The first-order valence-corrected chi connectivity index (χ1v) is 8.93. The highest BCUT2D eigenvalue weighted by molar-refractivity contribution is 5.34. The van der Waals surface area contributed by atoms with Crippen molar-refractivity contribution in [1.82, 2.24) is 19.9 Å². The monoisotopic (exact) mass is 442 g/mol. The Morgan fingerprint density at radius 3 is 2.23 bits per heavy atom. The molecule has 164 valence electrons. The fraction of sp³-hybridized carbons (Fsp3) is 0.263. The van der Waals surface area contributed by atoms with Gasteiger partial charge < -0.3 is 9.47 Å². The first-order chi connectivity index (χ1) is 14.7. The summed E-state index contributed by atoms with van der Waals surface area (Å²) in [6.45, 7) is 1.77. The van der Waals surface area contributed by atoms with Crippen LogP contribution in [-0.2, 0) is 19.0 Å². The molecular weight excluding hydrogens is 427 g/mol. The maximum atomic E-state index is 14.3. The summed E-state index contributed by atoms with van der Waals surface area (Å²) in [4.78, 5) is 24.2. The highest BCUT2D eigenvalue weighted by atomic mass is 19.4. The van der Waals surface area contributed by atoms with Crippen molar-refractivity contribution in [3.05, 3.63) is 69.7 Å². The number of rotatable bonds is 7. The highest BCUT2D eigenvalue weighted by Gasteiger charge is 2.34. The number of benzene rings is 1. The molecule has 0 aliphatic carbocycles. The molecule has 0 saturated carbocycles. The molecule has 1 aromatic carbocycles. The highest BCUT2D eigenvalue weighted by Crippen LogP contribution is 2.30. The average molecular weight is 442 g/mol. The van der Waals surface area contributed by atoms with Crippen LogP contribution in [0.5, 0.6) is 17.5 Å². The molecule has 0 fully saturated rings. The Morgan fingerprint density at radius 1 is 1.03 bits per heavy atom. The van der Waals surface area contributed by atoms with Crippen LogP contribution in [0.2, 0.25) is 0 Å². The minimum Gasteiger partial charge on any atom is -0.464 e. The van der Waals surface area contributed by atoms with E-state index < -0.39 is 29.4 Å². The fourth-order valence-electron chi connectivity index (χ4n) is 2.48. The van der Waals surface area contributed by atoms with Crippen molar-refractivity contribution in [1.29, 1.82) is 0 Å². The van der Waals surface area contributed by atoms with Gasteiger partial charge in [0, 0.05) is 18.2 Å². The average Bonchev–Trinajstić information content (AvgIpc) is 2.70. The molecule has 0 saturated heterocycles. The standard InChI is InChI=1S/C19H15F5N4O3/c1-2-11-7-27-18(28-16(11)29)30-4-3-10-5-13(20)15(14(21)6-10)31-12-8-25-17(26-9-12)19(22,23)24/h5-9H,2-4H2,1H3,(H,27,28,29). The summed E-state index contributed by atoms with van der Waals surface area (Å²) in [5.74, 6) is -4.74. The van der Waals surface area contributed by atoms with Crippen molar-refractivity contribution in [2.75, 3.05) is 6.61 Å². The number of hydrogen-bond donors (Lipinski definition) is 1. The molecule has 7 nitrogen and oxygen atoms in total. The lowest BCUT2D eigenvalue weighted by Crippen LogP contribution is -2.15. The number of halogens is 5. The van der Waals surface area contributed by atoms with Crippen LogP contribution in [0.1, 0.15) is 23.9 Å². The molecule has 2 aromatic heterocycles. The first kappa shape index (κ1) is 22.1. The van der Waals surface area contributed by atoms with E-state index in [1.807, 2.05) is 0 Å². The van der Waals surface area contributed by atoms with Crippen molar-refractivity contribution in [2.45, 2.75) is 25.9 Å². The first-order valence-electron chi connectivity index (χ1n) is 8.93. The molecule has 0 unspecified atom stereocenters. The number of H-pyrrole nitrogens is 1. The number of aromatic nitrogens is 4. The predicted molar refractivity (Wildman–Crippen MR) is 96.9 cm³/mol. The maximum absolute atomic E-state index is 14.3. The number of nitrogens with zero attached hydrogens (tertiary/aromatic N) is 3. The summed E-state index contributed by atoms with van der Waals surface area (Å²) in [7, 11) is 0. The second-order valence-electron chi connectivity index (χ2n) is 6.23. The van der Waals surface area contributed by atoms with E-state index in [0.717, 1.165) is 12.1 Å². The van der Waals surface area contributed by atoms with Gasteiger partial charge in [-0.15, -0.1) is 0 Å². The predicted octanol–water partition coefficient (Wildman–Crippen LogP) is 3.83. The van der Waals surface area contributed by atoms with E-state index in [0.29, 0.717) is 24.4 Å². The van der Waals surface area contributed by atoms with E-state index in [-0.39, 0.29) is 35.9 Å². The topological polar surface area (TPSA) is 90.0 Å². The molecule has 0 bridgehead atoms. The SMILES string of the molecule is CCc1cnc(OCCc2cc(F)c(Oc3cnc(C(F)(F)F)nc3)c(F)c2)[nH]c1=O. The van der Waals surface area contributed by atoms with Crippen molar-refractivity contribution < 1.29 is 31.4 Å². The summed E-state index contributed by atoms with van der Waals surface area (Å²) in [6, 6.07) is 1.96. The van der Waals surface area contributed by atoms with E-state index in [9.17, 15) is 26.7 Å². The molecule has 0 atom stereocenters. The molecule has 3 aromatic rings. The van der Waals surface area contributed by atoms with Gasteiger partial charge in [-0.25, -0.2) is 23.7 Å². The maximum Gasteiger partial charge on any atom is 0.451 e. The van der Waals surface area contributed by atoms with Gasteiger partial charge in [-0.05, 0) is 24.1 Å². The van der Waals surface area contributed by atoms with E-state index in [2.05, 4.69) is 19.9 Å². The Hall–Kier alpha value is -3.57. The van der Waals surface area contributed by atoms with Gasteiger partial charge in [-0.2, -0.15) is 13.2 Å². The van der Waals surface area contributed by atoms with Crippen molar-refractivity contribution in [3.8, 4) is 17.5 Å². The van der Waals surface area contributed by atoms with Crippen molar-refractivity contribution in [2.24, 2.45) is 0 Å². The number of nitrogens with one attached hydrogen (secondary N) is 1. The molecule has 31 heavy (non-hydrogen) atoms. The zero-order chi connectivity index (χ0) is 22.6. The number of ether oxygens (including phenoxy) is 2. The molecule has 2 heterocycles. The van der Waals surface area contributed by atoms with Gasteiger partial charge in [-0.3, -0.25) is 9.78 Å². The third kappa shape index (κ3) is 5.53. The summed E-state index contributed by atoms with van der Waals surface area (Å²) >= 11 is 0. The minimum absolute atomic E-state index is 0.0228. The Labute approximate surface area is 171 Å². The smallest absolute Gasteiger partial charge is 0.451 e. The van der Waals surface area contributed by atoms with Crippen LogP contribution in [0.15, 0.2) is 35.5 Å². The molecule has 12 heteroatoms. The molecule has 0 aliphatic rings. The number of aryl methyl sites for hydroxylation is 1. The molecule has 0 amide bonds. The second-order valence-corrected chi connectivity index (χ2v) is 6.23. The molecule has 0 aliphatic heterocycles. The summed E-state index contributed by atoms with van der Waals surface area (Å²) in [6.07, 6.45) is -1.46. The third-order valence-electron chi connectivity index (χ3n) is 4.02. The van der Waals surface area contributed by atoms with E-state index >= 15 is 0 Å². The Bertz CT molecular complexity index is 1090. The summed E-state index contributed by atoms with van der Waals surface area (Å²) in [5.41, 5.74) is 0.377. The Morgan fingerprint density at radius 2 is 1.68 bits per heavy atom. The minimum atomic E-state index is -4.75. The lowest BCUT2D eigenvalue weighted by molar-refractivity contribution is -0.145.